The number of carbonyl (C=O) groups is 2. The van der Waals surface area contributed by atoms with Crippen molar-refractivity contribution in [3.8, 4) is 11.5 Å². The number of allylic oxidation sites excluding steroid dienone is 5. The zero-order valence-corrected chi connectivity index (χ0v) is 22.0. The maximum absolute atomic E-state index is 13.6. The first-order valence-corrected chi connectivity index (χ1v) is 12.7. The van der Waals surface area contributed by atoms with E-state index in [2.05, 4.69) is 40.3 Å². The van der Waals surface area contributed by atoms with Gasteiger partial charge in [-0.1, -0.05) is 39.8 Å². The second-order valence-electron chi connectivity index (χ2n) is 11.5. The van der Waals surface area contributed by atoms with E-state index in [1.807, 2.05) is 26.0 Å². The second-order valence-corrected chi connectivity index (χ2v) is 11.5. The van der Waals surface area contributed by atoms with Crippen molar-refractivity contribution in [1.82, 2.24) is 0 Å². The van der Waals surface area contributed by atoms with E-state index in [0.29, 0.717) is 68.0 Å². The van der Waals surface area contributed by atoms with Gasteiger partial charge in [0.05, 0.1) is 13.2 Å². The summed E-state index contributed by atoms with van der Waals surface area (Å²) >= 11 is 0. The zero-order chi connectivity index (χ0) is 25.5. The summed E-state index contributed by atoms with van der Waals surface area (Å²) in [6, 6.07) is 4.01. The predicted molar refractivity (Wildman–Crippen MR) is 137 cm³/mol. The molecular weight excluding hydrogens is 440 g/mol. The molecule has 4 rings (SSSR count). The molecule has 1 aromatic carbocycles. The van der Waals surface area contributed by atoms with Gasteiger partial charge in [0, 0.05) is 48.3 Å². The van der Waals surface area contributed by atoms with Crippen molar-refractivity contribution >= 4 is 11.6 Å². The Morgan fingerprint density at radius 2 is 1.46 bits per heavy atom. The number of rotatable bonds is 7. The van der Waals surface area contributed by atoms with Gasteiger partial charge >= 0.3 is 0 Å². The van der Waals surface area contributed by atoms with Crippen molar-refractivity contribution < 1.29 is 23.8 Å². The third-order valence-electron chi connectivity index (χ3n) is 7.02. The van der Waals surface area contributed by atoms with Gasteiger partial charge in [0.1, 0.15) is 11.5 Å². The molecule has 5 nitrogen and oxygen atoms in total. The van der Waals surface area contributed by atoms with Crippen LogP contribution in [0.25, 0.3) is 0 Å². The molecule has 0 fully saturated rings. The predicted octanol–water partition coefficient (Wildman–Crippen LogP) is 6.61. The fraction of sp³-hybridized carbons (Fsp3) is 0.533. The fourth-order valence-electron chi connectivity index (χ4n) is 5.74. The molecule has 35 heavy (non-hydrogen) atoms. The van der Waals surface area contributed by atoms with Crippen molar-refractivity contribution in [2.24, 2.45) is 10.8 Å². The Morgan fingerprint density at radius 1 is 0.914 bits per heavy atom. The molecule has 0 radical (unpaired) electrons. The molecule has 0 saturated carbocycles. The second kappa shape index (κ2) is 9.33. The first kappa shape index (κ1) is 25.3. The molecule has 2 aliphatic carbocycles. The molecule has 3 aliphatic rings. The minimum absolute atomic E-state index is 0.0579. The SMILES string of the molecule is C=CCc1cc(C2C3=C(CC(C)(C)CC3=O)OC3=C2C(=O)CC(C)(C)C3)cc(OCC)c1OCC. The van der Waals surface area contributed by atoms with Gasteiger partial charge < -0.3 is 14.2 Å². The van der Waals surface area contributed by atoms with Crippen LogP contribution in [0.4, 0.5) is 0 Å². The molecule has 1 aromatic rings. The third kappa shape index (κ3) is 4.82. The van der Waals surface area contributed by atoms with Gasteiger partial charge in [-0.15, -0.1) is 6.58 Å². The largest absolute Gasteiger partial charge is 0.490 e. The first-order valence-electron chi connectivity index (χ1n) is 12.7. The van der Waals surface area contributed by atoms with Crippen LogP contribution in [-0.4, -0.2) is 24.8 Å². The van der Waals surface area contributed by atoms with Crippen LogP contribution in [0.1, 0.15) is 84.3 Å². The van der Waals surface area contributed by atoms with Crippen LogP contribution in [0.2, 0.25) is 0 Å². The van der Waals surface area contributed by atoms with Gasteiger partial charge in [-0.05, 0) is 42.7 Å². The highest BCUT2D eigenvalue weighted by molar-refractivity contribution is 6.06. The maximum atomic E-state index is 13.6. The first-order chi connectivity index (χ1) is 16.5. The van der Waals surface area contributed by atoms with Gasteiger partial charge in [-0.2, -0.15) is 0 Å². The molecule has 5 heteroatoms. The molecule has 0 unspecified atom stereocenters. The number of carbonyl (C=O) groups excluding carboxylic acids is 2. The summed E-state index contributed by atoms with van der Waals surface area (Å²) in [7, 11) is 0. The molecule has 188 valence electrons. The van der Waals surface area contributed by atoms with Crippen molar-refractivity contribution in [3.63, 3.8) is 0 Å². The average molecular weight is 479 g/mol. The Bertz CT molecular complexity index is 1080. The standard InChI is InChI=1S/C30H38O5/c1-8-11-18-12-19(13-22(33-9-2)28(18)34-10-3)25-26-20(31)14-29(4,5)16-23(26)35-24-17-30(6,7)15-21(32)27(24)25/h8,12-13,25H,1,9-11,14-17H2,2-7H3. The van der Waals surface area contributed by atoms with E-state index in [1.165, 1.54) is 0 Å². The average Bonchev–Trinajstić information content (AvgIpc) is 2.73. The quantitative estimate of drug-likeness (QED) is 0.413. The number of ether oxygens (including phenoxy) is 3. The molecule has 0 amide bonds. The molecule has 0 bridgehead atoms. The minimum Gasteiger partial charge on any atom is -0.490 e. The third-order valence-corrected chi connectivity index (χ3v) is 7.02. The summed E-state index contributed by atoms with van der Waals surface area (Å²) in [6.45, 7) is 17.2. The summed E-state index contributed by atoms with van der Waals surface area (Å²) in [6.07, 6.45) is 4.63. The molecule has 0 saturated heterocycles. The van der Waals surface area contributed by atoms with Gasteiger partial charge in [0.2, 0.25) is 0 Å². The van der Waals surface area contributed by atoms with Crippen LogP contribution in [0.15, 0.2) is 47.5 Å². The molecular formula is C30H38O5. The fourth-order valence-corrected chi connectivity index (χ4v) is 5.74. The monoisotopic (exact) mass is 478 g/mol. The molecule has 0 spiro atoms. The minimum atomic E-state index is -0.459. The Labute approximate surface area is 209 Å². The van der Waals surface area contributed by atoms with Gasteiger partial charge in [0.25, 0.3) is 0 Å². The normalized spacial score (nSPS) is 21.3. The van der Waals surface area contributed by atoms with Gasteiger partial charge in [0.15, 0.2) is 23.1 Å². The summed E-state index contributed by atoms with van der Waals surface area (Å²) in [5.74, 6) is 2.42. The Morgan fingerprint density at radius 3 is 1.94 bits per heavy atom. The van der Waals surface area contributed by atoms with Crippen LogP contribution >= 0.6 is 0 Å². The zero-order valence-electron chi connectivity index (χ0n) is 22.0. The molecule has 1 aliphatic heterocycles. The summed E-state index contributed by atoms with van der Waals surface area (Å²) in [5.41, 5.74) is 2.70. The van der Waals surface area contributed by atoms with Crippen LogP contribution in [-0.2, 0) is 20.7 Å². The van der Waals surface area contributed by atoms with Gasteiger partial charge in [-0.25, -0.2) is 0 Å². The smallest absolute Gasteiger partial charge is 0.164 e. The van der Waals surface area contributed by atoms with Gasteiger partial charge in [-0.3, -0.25) is 9.59 Å². The van der Waals surface area contributed by atoms with Crippen molar-refractivity contribution in [2.45, 2.75) is 79.6 Å². The van der Waals surface area contributed by atoms with Crippen molar-refractivity contribution in [3.05, 3.63) is 58.6 Å². The van der Waals surface area contributed by atoms with Crippen LogP contribution in [0.3, 0.4) is 0 Å². The molecule has 0 aromatic heterocycles. The van der Waals surface area contributed by atoms with E-state index in [0.717, 1.165) is 22.6 Å². The number of ketones is 2. The van der Waals surface area contributed by atoms with E-state index < -0.39 is 5.92 Å². The van der Waals surface area contributed by atoms with E-state index in [4.69, 9.17) is 14.2 Å². The Hall–Kier alpha value is -2.82. The van der Waals surface area contributed by atoms with E-state index in [9.17, 15) is 9.59 Å². The molecule has 0 N–H and O–H groups in total. The van der Waals surface area contributed by atoms with Crippen LogP contribution in [0, 0.1) is 10.8 Å². The summed E-state index contributed by atoms with van der Waals surface area (Å²) in [4.78, 5) is 27.2. The highest BCUT2D eigenvalue weighted by Gasteiger charge is 2.48. The van der Waals surface area contributed by atoms with Crippen molar-refractivity contribution in [2.75, 3.05) is 13.2 Å². The highest BCUT2D eigenvalue weighted by Crippen LogP contribution is 2.54. The Kier molecular flexibility index (Phi) is 6.74. The molecule has 1 heterocycles. The Balaban J connectivity index is 1.97. The van der Waals surface area contributed by atoms with Crippen LogP contribution < -0.4 is 9.47 Å². The maximum Gasteiger partial charge on any atom is 0.164 e. The topological polar surface area (TPSA) is 61.8 Å². The van der Waals surface area contributed by atoms with E-state index in [1.54, 1.807) is 0 Å². The van der Waals surface area contributed by atoms with Crippen molar-refractivity contribution in [1.29, 1.82) is 0 Å². The van der Waals surface area contributed by atoms with Crippen LogP contribution in [0.5, 0.6) is 11.5 Å². The lowest BCUT2D eigenvalue weighted by atomic mass is 9.65. The number of hydrogen-bond donors (Lipinski definition) is 0. The lowest BCUT2D eigenvalue weighted by Crippen LogP contribution is -2.37. The lowest BCUT2D eigenvalue weighted by Gasteiger charge is -2.42. The lowest BCUT2D eigenvalue weighted by molar-refractivity contribution is -0.120. The summed E-state index contributed by atoms with van der Waals surface area (Å²) < 4.78 is 18.4. The van der Waals surface area contributed by atoms with E-state index in [-0.39, 0.29) is 22.4 Å². The van der Waals surface area contributed by atoms with E-state index >= 15 is 0 Å². The summed E-state index contributed by atoms with van der Waals surface area (Å²) in [5, 5.41) is 0. The number of benzene rings is 1. The number of hydrogen-bond acceptors (Lipinski definition) is 5. The highest BCUT2D eigenvalue weighted by atomic mass is 16.5. The number of Topliss-reactive ketones (excluding diaryl/α,β-unsaturated/α-hetero) is 2. The molecule has 0 atom stereocenters.